The summed E-state index contributed by atoms with van der Waals surface area (Å²) in [6.45, 7) is 28.1. The molecule has 0 aromatic heterocycles. The molecular weight excluding hydrogens is 409 g/mol. The van der Waals surface area contributed by atoms with Gasteiger partial charge in [0, 0.05) is 0 Å². The van der Waals surface area contributed by atoms with E-state index in [9.17, 15) is 39.5 Å². The van der Waals surface area contributed by atoms with Gasteiger partial charge in [0.1, 0.15) is 5.57 Å². The lowest BCUT2D eigenvalue weighted by Crippen LogP contribution is -2.24. The average molecular weight is 417 g/mol. The van der Waals surface area contributed by atoms with E-state index in [2.05, 4.69) is 39.6 Å². The van der Waals surface area contributed by atoms with Gasteiger partial charge in [0.25, 0.3) is 11.4 Å². The molecule has 0 unspecified atom stereocenters. The van der Waals surface area contributed by atoms with E-state index in [-0.39, 0.29) is 5.70 Å². The van der Waals surface area contributed by atoms with E-state index in [4.69, 9.17) is 25.0 Å². The smallest absolute Gasteiger partial charge is 0.234 e. The van der Waals surface area contributed by atoms with Gasteiger partial charge in [-0.1, -0.05) is 19.7 Å². The van der Waals surface area contributed by atoms with Crippen LogP contribution in [0.4, 0.5) is 39.5 Å². The lowest BCUT2D eigenvalue weighted by atomic mass is 10.3. The van der Waals surface area contributed by atoms with Crippen molar-refractivity contribution in [3.8, 4) is 6.07 Å². The molecule has 0 heterocycles. The van der Waals surface area contributed by atoms with Crippen LogP contribution in [0.15, 0.2) is 41.8 Å². The highest BCUT2D eigenvalue weighted by molar-refractivity contribution is 5.23. The van der Waals surface area contributed by atoms with Crippen LogP contribution in [0.25, 0.3) is 14.6 Å². The summed E-state index contributed by atoms with van der Waals surface area (Å²) >= 11 is 0. The van der Waals surface area contributed by atoms with Gasteiger partial charge in [-0.15, -0.1) is 4.95 Å². The van der Waals surface area contributed by atoms with Gasteiger partial charge in [-0.05, 0) is 0 Å². The van der Waals surface area contributed by atoms with E-state index in [0.717, 1.165) is 0 Å². The van der Waals surface area contributed by atoms with Gasteiger partial charge >= 0.3 is 18.5 Å². The summed E-state index contributed by atoms with van der Waals surface area (Å²) in [5.41, 5.74) is -4.12. The van der Waals surface area contributed by atoms with Crippen LogP contribution in [-0.4, -0.2) is 25.2 Å². The zero-order valence-electron chi connectivity index (χ0n) is 13.5. The van der Waals surface area contributed by atoms with Crippen molar-refractivity contribution in [2.75, 3.05) is 0 Å². The van der Waals surface area contributed by atoms with E-state index in [1.807, 2.05) is 6.58 Å². The lowest BCUT2D eigenvalue weighted by Gasteiger charge is -2.12. The molecular formula is C14H8F9N5. The topological polar surface area (TPSA) is 49.2 Å². The van der Waals surface area contributed by atoms with Crippen molar-refractivity contribution in [3.63, 3.8) is 0 Å². The second-order valence-corrected chi connectivity index (χ2v) is 3.44. The fraction of sp³-hybridized carbons (Fsp3) is 0.214. The Morgan fingerprint density at radius 3 is 1.11 bits per heavy atom. The summed E-state index contributed by atoms with van der Waals surface area (Å²) in [5.74, 6) is 0. The first-order valence-corrected chi connectivity index (χ1v) is 5.62. The van der Waals surface area contributed by atoms with Crippen molar-refractivity contribution in [2.45, 2.75) is 18.5 Å². The zero-order chi connectivity index (χ0) is 23.8. The van der Waals surface area contributed by atoms with Gasteiger partial charge in [-0.3, -0.25) is 0 Å². The fourth-order valence-electron chi connectivity index (χ4n) is 0.249. The maximum absolute atomic E-state index is 11.1. The summed E-state index contributed by atoms with van der Waals surface area (Å²) in [4.78, 5) is 7.29. The number of hydrogen-bond donors (Lipinski definition) is 0. The Kier molecular flexibility index (Phi) is 16.4. The molecule has 0 aliphatic heterocycles. The highest BCUT2D eigenvalue weighted by Gasteiger charge is 2.49. The molecule has 0 saturated carbocycles. The minimum atomic E-state index is -5.38. The normalized spacial score (nSPS) is 9.32. The van der Waals surface area contributed by atoms with Crippen molar-refractivity contribution in [1.82, 2.24) is 0 Å². The van der Waals surface area contributed by atoms with Crippen LogP contribution in [0.5, 0.6) is 0 Å². The molecule has 152 valence electrons. The first kappa shape index (κ1) is 31.9. The van der Waals surface area contributed by atoms with E-state index in [1.54, 1.807) is 6.07 Å². The molecule has 0 spiro atoms. The van der Waals surface area contributed by atoms with Gasteiger partial charge in [0.2, 0.25) is 0 Å². The molecule has 0 atom stereocenters. The van der Waals surface area contributed by atoms with Crippen LogP contribution in [0.3, 0.4) is 0 Å². The molecule has 28 heavy (non-hydrogen) atoms. The zero-order valence-corrected chi connectivity index (χ0v) is 13.5. The molecule has 0 aromatic rings. The molecule has 0 saturated heterocycles. The third kappa shape index (κ3) is 22.2. The maximum Gasteiger partial charge on any atom is 0.420 e. The SMILES string of the molecule is C=C(C(F)(F)F)C(F)(F)F.[C-]#[N+]C(=C)C#N.[C-]#[N+]C(=C)C(F)(F)F.[C-]#[N+]N=C. The van der Waals surface area contributed by atoms with Crippen LogP contribution in [0, 0.1) is 31.0 Å². The highest BCUT2D eigenvalue weighted by Crippen LogP contribution is 2.36. The van der Waals surface area contributed by atoms with Gasteiger partial charge < -0.3 is 0 Å². The van der Waals surface area contributed by atoms with E-state index in [0.29, 0.717) is 0 Å². The van der Waals surface area contributed by atoms with Crippen molar-refractivity contribution < 1.29 is 39.5 Å². The van der Waals surface area contributed by atoms with Crippen LogP contribution < -0.4 is 0 Å². The Morgan fingerprint density at radius 1 is 0.786 bits per heavy atom. The molecule has 0 aromatic carbocycles. The van der Waals surface area contributed by atoms with Crippen molar-refractivity contribution in [2.24, 2.45) is 5.10 Å². The Balaban J connectivity index is -0.000000144. The monoisotopic (exact) mass is 417 g/mol. The van der Waals surface area contributed by atoms with E-state index < -0.39 is 29.8 Å². The van der Waals surface area contributed by atoms with Gasteiger partial charge in [-0.2, -0.15) is 46.1 Å². The lowest BCUT2D eigenvalue weighted by molar-refractivity contribution is -0.171. The molecule has 0 aliphatic carbocycles. The van der Waals surface area contributed by atoms with Crippen molar-refractivity contribution in [3.05, 3.63) is 71.1 Å². The Bertz CT molecular complexity index is 682. The minimum absolute atomic E-state index is 0.0602. The van der Waals surface area contributed by atoms with Gasteiger partial charge in [-0.25, -0.2) is 15.0 Å². The summed E-state index contributed by atoms with van der Waals surface area (Å²) in [7, 11) is 0. The molecule has 0 bridgehead atoms. The molecule has 0 radical (unpaired) electrons. The van der Waals surface area contributed by atoms with E-state index in [1.165, 1.54) is 0 Å². The quantitative estimate of drug-likeness (QED) is 0.117. The third-order valence-electron chi connectivity index (χ3n) is 1.48. The predicted molar refractivity (Wildman–Crippen MR) is 80.6 cm³/mol. The van der Waals surface area contributed by atoms with Gasteiger partial charge in [0.05, 0.1) is 31.0 Å². The molecule has 5 nitrogen and oxygen atoms in total. The number of nitrogens with zero attached hydrogens (tertiary/aromatic N) is 5. The Labute approximate surface area is 153 Å². The standard InChI is InChI=1S/C4H2F6.C4H2F3N.C4H2N2.C2H2N2/c1-2(3(5,6)7)4(8,9)10;1-3(8-2)4(5,6)7;1-4(3-5)6-2;1-3-4-2/h1H2;1H2;1H2;1H2. The van der Waals surface area contributed by atoms with Crippen molar-refractivity contribution in [1.29, 1.82) is 5.26 Å². The van der Waals surface area contributed by atoms with E-state index >= 15 is 0 Å². The summed E-state index contributed by atoms with van der Waals surface area (Å²) < 4.78 is 100. The van der Waals surface area contributed by atoms with Crippen LogP contribution in [-0.2, 0) is 0 Å². The first-order chi connectivity index (χ1) is 12.4. The predicted octanol–water partition coefficient (Wildman–Crippen LogP) is 6.11. The molecule has 14 heteroatoms. The summed E-state index contributed by atoms with van der Waals surface area (Å²) in [6, 6.07) is 1.57. The van der Waals surface area contributed by atoms with Gasteiger partial charge in [0.15, 0.2) is 0 Å². The average Bonchev–Trinajstić information content (AvgIpc) is 2.58. The largest absolute Gasteiger partial charge is 0.420 e. The van der Waals surface area contributed by atoms with Crippen molar-refractivity contribution >= 4 is 6.72 Å². The number of halogens is 9. The highest BCUT2D eigenvalue weighted by atomic mass is 19.4. The molecule has 0 rings (SSSR count). The second-order valence-electron chi connectivity index (χ2n) is 3.44. The molecule has 0 fully saturated rings. The maximum atomic E-state index is 11.1. The fourth-order valence-corrected chi connectivity index (χ4v) is 0.249. The van der Waals surface area contributed by atoms with Crippen LogP contribution >= 0.6 is 0 Å². The number of alkyl halides is 9. The number of allylic oxidation sites excluding steroid dienone is 3. The number of nitriles is 1. The number of rotatable bonds is 0. The van der Waals surface area contributed by atoms with Crippen LogP contribution in [0.2, 0.25) is 0 Å². The second kappa shape index (κ2) is 14.4. The van der Waals surface area contributed by atoms with Crippen LogP contribution in [0.1, 0.15) is 0 Å². The summed E-state index contributed by atoms with van der Waals surface area (Å²) in [6.07, 6.45) is -15.3. The Morgan fingerprint density at radius 2 is 1.11 bits per heavy atom. The molecule has 0 N–H and O–H groups in total. The minimum Gasteiger partial charge on any atom is -0.234 e. The molecule has 0 amide bonds. The first-order valence-electron chi connectivity index (χ1n) is 5.62. The third-order valence-corrected chi connectivity index (χ3v) is 1.48. The Hall–Kier alpha value is -3.78. The number of hydrogen-bond acceptors (Lipinski definition) is 2. The molecule has 0 aliphatic rings. The summed E-state index contributed by atoms with van der Waals surface area (Å²) in [5, 5.41) is 10.5.